The van der Waals surface area contributed by atoms with Crippen molar-refractivity contribution in [3.8, 4) is 0 Å². The third kappa shape index (κ3) is 2.23. The van der Waals surface area contributed by atoms with Crippen molar-refractivity contribution in [1.29, 1.82) is 0 Å². The van der Waals surface area contributed by atoms with E-state index in [1.165, 1.54) is 44.9 Å². The fourth-order valence-electron chi connectivity index (χ4n) is 2.72. The minimum absolute atomic E-state index is 0.700. The molecule has 0 aromatic carbocycles. The quantitative estimate of drug-likeness (QED) is 0.824. The lowest BCUT2D eigenvalue weighted by Crippen LogP contribution is -2.12. The zero-order valence-electron chi connectivity index (χ0n) is 9.86. The number of nitrogens with zero attached hydrogens (tertiary/aromatic N) is 2. The molecule has 1 aromatic heterocycles. The molecule has 88 valence electrons. The molecule has 0 atom stereocenters. The highest BCUT2D eigenvalue weighted by Crippen LogP contribution is 2.33. The summed E-state index contributed by atoms with van der Waals surface area (Å²) in [4.78, 5) is 4.43. The van der Waals surface area contributed by atoms with Crippen molar-refractivity contribution in [2.75, 3.05) is 11.9 Å². The summed E-state index contributed by atoms with van der Waals surface area (Å²) >= 11 is 0. The van der Waals surface area contributed by atoms with Crippen LogP contribution in [0.5, 0.6) is 0 Å². The van der Waals surface area contributed by atoms with Crippen LogP contribution in [-0.4, -0.2) is 16.1 Å². The molecule has 1 N–H and O–H groups in total. The number of nitrogens with one attached hydrogen (secondary N) is 1. The Hall–Kier alpha value is -0.990. The normalized spacial score (nSPS) is 21.5. The first-order valence-electron chi connectivity index (χ1n) is 6.70. The van der Waals surface area contributed by atoms with Gasteiger partial charge < -0.3 is 9.88 Å². The van der Waals surface area contributed by atoms with Crippen LogP contribution in [0.4, 0.5) is 5.95 Å². The molecule has 2 aliphatic rings. The Morgan fingerprint density at radius 2 is 2.06 bits per heavy atom. The summed E-state index contributed by atoms with van der Waals surface area (Å²) in [7, 11) is 0. The first-order valence-corrected chi connectivity index (χ1v) is 6.70. The highest BCUT2D eigenvalue weighted by Gasteiger charge is 2.21. The van der Waals surface area contributed by atoms with Crippen LogP contribution in [-0.2, 0) is 0 Å². The van der Waals surface area contributed by atoms with E-state index in [0.717, 1.165) is 18.4 Å². The lowest BCUT2D eigenvalue weighted by Gasteiger charge is -2.15. The zero-order chi connectivity index (χ0) is 10.8. The standard InChI is InChI=1S/C13H21N3/c1-2-4-12(3-1)16-10-9-15-13(16)14-8-7-11-5-6-11/h9-12H,1-8H2,(H,14,15). The fraction of sp³-hybridized carbons (Fsp3) is 0.769. The SMILES string of the molecule is c1cn(C2CCCC2)c(NCCC2CC2)n1. The van der Waals surface area contributed by atoms with Gasteiger partial charge in [0.05, 0.1) is 0 Å². The van der Waals surface area contributed by atoms with Gasteiger partial charge in [0, 0.05) is 25.0 Å². The maximum absolute atomic E-state index is 4.43. The third-order valence-corrected chi connectivity index (χ3v) is 3.92. The number of anilines is 1. The second-order valence-corrected chi connectivity index (χ2v) is 5.26. The molecule has 0 radical (unpaired) electrons. The Balaban J connectivity index is 1.57. The Labute approximate surface area is 97.3 Å². The molecule has 3 heteroatoms. The lowest BCUT2D eigenvalue weighted by atomic mass is 10.2. The van der Waals surface area contributed by atoms with Gasteiger partial charge in [0.1, 0.15) is 0 Å². The van der Waals surface area contributed by atoms with Crippen LogP contribution >= 0.6 is 0 Å². The first kappa shape index (κ1) is 10.2. The van der Waals surface area contributed by atoms with Gasteiger partial charge in [-0.05, 0) is 25.2 Å². The average molecular weight is 219 g/mol. The molecule has 3 nitrogen and oxygen atoms in total. The molecule has 1 aromatic rings. The van der Waals surface area contributed by atoms with E-state index in [0.29, 0.717) is 6.04 Å². The predicted molar refractivity (Wildman–Crippen MR) is 65.6 cm³/mol. The van der Waals surface area contributed by atoms with Gasteiger partial charge in [-0.2, -0.15) is 0 Å². The van der Waals surface area contributed by atoms with E-state index in [2.05, 4.69) is 21.1 Å². The van der Waals surface area contributed by atoms with Crippen LogP contribution in [0, 0.1) is 5.92 Å². The lowest BCUT2D eigenvalue weighted by molar-refractivity contribution is 0.522. The Morgan fingerprint density at radius 1 is 1.25 bits per heavy atom. The minimum Gasteiger partial charge on any atom is -0.356 e. The Bertz CT molecular complexity index is 335. The number of aromatic nitrogens is 2. The zero-order valence-corrected chi connectivity index (χ0v) is 9.86. The summed E-state index contributed by atoms with van der Waals surface area (Å²) in [6.07, 6.45) is 13.7. The maximum Gasteiger partial charge on any atom is 0.203 e. The maximum atomic E-state index is 4.43. The molecule has 0 spiro atoms. The van der Waals surface area contributed by atoms with Gasteiger partial charge in [-0.25, -0.2) is 4.98 Å². The van der Waals surface area contributed by atoms with Crippen LogP contribution in [0.3, 0.4) is 0 Å². The number of hydrogen-bond donors (Lipinski definition) is 1. The molecule has 0 saturated heterocycles. The van der Waals surface area contributed by atoms with E-state index >= 15 is 0 Å². The molecule has 3 rings (SSSR count). The van der Waals surface area contributed by atoms with Gasteiger partial charge in [0.25, 0.3) is 0 Å². The summed E-state index contributed by atoms with van der Waals surface area (Å²) in [6, 6.07) is 0.700. The Kier molecular flexibility index (Phi) is 2.85. The first-order chi connectivity index (χ1) is 7.93. The molecule has 1 heterocycles. The highest BCUT2D eigenvalue weighted by molar-refractivity contribution is 5.26. The van der Waals surface area contributed by atoms with Gasteiger partial charge in [0.2, 0.25) is 5.95 Å². The average Bonchev–Trinajstić information content (AvgIpc) is 2.82. The van der Waals surface area contributed by atoms with E-state index in [1.807, 2.05) is 6.20 Å². The Morgan fingerprint density at radius 3 is 2.81 bits per heavy atom. The summed E-state index contributed by atoms with van der Waals surface area (Å²) < 4.78 is 2.35. The van der Waals surface area contributed by atoms with Crippen molar-refractivity contribution in [2.24, 2.45) is 5.92 Å². The number of rotatable bonds is 5. The third-order valence-electron chi connectivity index (χ3n) is 3.92. The van der Waals surface area contributed by atoms with Crippen molar-refractivity contribution in [1.82, 2.24) is 9.55 Å². The molecule has 2 saturated carbocycles. The van der Waals surface area contributed by atoms with Crippen LogP contribution < -0.4 is 5.32 Å². The molecule has 2 fully saturated rings. The van der Waals surface area contributed by atoms with Gasteiger partial charge in [-0.3, -0.25) is 0 Å². The molecule has 16 heavy (non-hydrogen) atoms. The van der Waals surface area contributed by atoms with Crippen molar-refractivity contribution >= 4 is 5.95 Å². The van der Waals surface area contributed by atoms with Gasteiger partial charge >= 0.3 is 0 Å². The summed E-state index contributed by atoms with van der Waals surface area (Å²) in [5.74, 6) is 2.09. The van der Waals surface area contributed by atoms with Crippen molar-refractivity contribution in [2.45, 2.75) is 51.0 Å². The summed E-state index contributed by atoms with van der Waals surface area (Å²) in [5, 5.41) is 3.49. The topological polar surface area (TPSA) is 29.9 Å². The minimum atomic E-state index is 0.700. The second-order valence-electron chi connectivity index (χ2n) is 5.26. The van der Waals surface area contributed by atoms with E-state index in [1.54, 1.807) is 0 Å². The highest BCUT2D eigenvalue weighted by atomic mass is 15.2. The van der Waals surface area contributed by atoms with Crippen molar-refractivity contribution in [3.63, 3.8) is 0 Å². The molecule has 0 amide bonds. The van der Waals surface area contributed by atoms with E-state index in [4.69, 9.17) is 0 Å². The van der Waals surface area contributed by atoms with Gasteiger partial charge in [-0.1, -0.05) is 25.7 Å². The van der Waals surface area contributed by atoms with Gasteiger partial charge in [0.15, 0.2) is 0 Å². The molecular formula is C13H21N3. The predicted octanol–water partition coefficient (Wildman–Crippen LogP) is 3.21. The number of imidazole rings is 1. The van der Waals surface area contributed by atoms with E-state index in [9.17, 15) is 0 Å². The van der Waals surface area contributed by atoms with Crippen LogP contribution in [0.15, 0.2) is 12.4 Å². The summed E-state index contributed by atoms with van der Waals surface area (Å²) in [6.45, 7) is 1.09. The largest absolute Gasteiger partial charge is 0.356 e. The van der Waals surface area contributed by atoms with Crippen LogP contribution in [0.1, 0.15) is 51.0 Å². The monoisotopic (exact) mass is 219 g/mol. The van der Waals surface area contributed by atoms with Gasteiger partial charge in [-0.15, -0.1) is 0 Å². The van der Waals surface area contributed by atoms with Crippen LogP contribution in [0.25, 0.3) is 0 Å². The molecule has 0 bridgehead atoms. The van der Waals surface area contributed by atoms with Crippen molar-refractivity contribution < 1.29 is 0 Å². The smallest absolute Gasteiger partial charge is 0.203 e. The second kappa shape index (κ2) is 4.48. The van der Waals surface area contributed by atoms with Crippen molar-refractivity contribution in [3.05, 3.63) is 12.4 Å². The molecular weight excluding hydrogens is 198 g/mol. The molecule has 0 aliphatic heterocycles. The van der Waals surface area contributed by atoms with E-state index in [-0.39, 0.29) is 0 Å². The molecule has 0 unspecified atom stereocenters. The number of hydrogen-bond acceptors (Lipinski definition) is 2. The summed E-state index contributed by atoms with van der Waals surface area (Å²) in [5.41, 5.74) is 0. The fourth-order valence-corrected chi connectivity index (χ4v) is 2.72. The molecule has 2 aliphatic carbocycles. The van der Waals surface area contributed by atoms with E-state index < -0.39 is 0 Å². The van der Waals surface area contributed by atoms with Crippen LogP contribution in [0.2, 0.25) is 0 Å².